The third-order valence-corrected chi connectivity index (χ3v) is 2.37. The molecule has 0 atom stereocenters. The topological polar surface area (TPSA) is 39.4 Å². The van der Waals surface area contributed by atoms with Gasteiger partial charge in [0.1, 0.15) is 7.11 Å². The number of nitrogens with zero attached hydrogens (tertiary/aromatic N) is 1. The molecule has 0 aliphatic heterocycles. The molecular weight excluding hydrogens is 206 g/mol. The molecule has 16 heavy (non-hydrogen) atoms. The van der Waals surface area contributed by atoms with E-state index in [4.69, 9.17) is 4.84 Å². The summed E-state index contributed by atoms with van der Waals surface area (Å²) in [5.41, 5.74) is 1.20. The minimum atomic E-state index is -0.139. The van der Waals surface area contributed by atoms with Crippen LogP contribution >= 0.6 is 0 Å². The van der Waals surface area contributed by atoms with E-state index in [0.29, 0.717) is 6.42 Å². The quantitative estimate of drug-likeness (QED) is 0.410. The smallest absolute Gasteiger partial charge is 0.305 e. The summed E-state index contributed by atoms with van der Waals surface area (Å²) in [6, 6.07) is 3.99. The Hall–Kier alpha value is -1.58. The Morgan fingerprint density at radius 1 is 1.38 bits per heavy atom. The first-order valence-electron chi connectivity index (χ1n) is 5.37. The van der Waals surface area contributed by atoms with E-state index in [1.165, 1.54) is 12.7 Å². The summed E-state index contributed by atoms with van der Waals surface area (Å²) in [5.74, 6) is -0.139. The molecule has 0 fully saturated rings. The van der Waals surface area contributed by atoms with Crippen molar-refractivity contribution in [1.82, 2.24) is 0 Å². The van der Waals surface area contributed by atoms with Crippen LogP contribution in [0.1, 0.15) is 24.8 Å². The van der Waals surface area contributed by atoms with Gasteiger partial charge >= 0.3 is 5.97 Å². The van der Waals surface area contributed by atoms with E-state index in [1.54, 1.807) is 11.8 Å². The zero-order valence-electron chi connectivity index (χ0n) is 9.81. The molecule has 0 radical (unpaired) electrons. The van der Waals surface area contributed by atoms with Crippen LogP contribution in [-0.4, -0.2) is 20.2 Å². The fourth-order valence-electron chi connectivity index (χ4n) is 1.46. The van der Waals surface area contributed by atoms with Crippen LogP contribution in [0.3, 0.4) is 0 Å². The maximum Gasteiger partial charge on any atom is 0.305 e. The molecule has 0 unspecified atom stereocenters. The second-order valence-electron chi connectivity index (χ2n) is 3.54. The van der Waals surface area contributed by atoms with Gasteiger partial charge in [-0.15, -0.1) is 0 Å². The first-order chi connectivity index (χ1) is 7.76. The normalized spacial score (nSPS) is 9.88. The maximum absolute atomic E-state index is 10.9. The Kier molecular flexibility index (Phi) is 5.32. The number of aryl methyl sites for hydroxylation is 1. The number of esters is 1. The summed E-state index contributed by atoms with van der Waals surface area (Å²) < 4.78 is 6.24. The van der Waals surface area contributed by atoms with Gasteiger partial charge in [-0.1, -0.05) is 0 Å². The molecule has 0 aliphatic carbocycles. The van der Waals surface area contributed by atoms with Gasteiger partial charge in [0.15, 0.2) is 0 Å². The SMILES string of the molecule is COC(=O)CCCCc1ccc[n+](OC)c1. The lowest BCUT2D eigenvalue weighted by Crippen LogP contribution is -2.39. The summed E-state index contributed by atoms with van der Waals surface area (Å²) >= 11 is 0. The molecule has 1 aromatic heterocycles. The standard InChI is InChI=1S/C12H18NO3/c1-15-12(14)8-4-3-6-11-7-5-9-13(10-11)16-2/h5,7,9-10H,3-4,6,8H2,1-2H3/q+1. The number of aromatic nitrogens is 1. The first-order valence-corrected chi connectivity index (χ1v) is 5.37. The van der Waals surface area contributed by atoms with Gasteiger partial charge in [-0.05, 0) is 25.3 Å². The molecule has 1 rings (SSSR count). The zero-order chi connectivity index (χ0) is 11.8. The minimum absolute atomic E-state index is 0.139. The highest BCUT2D eigenvalue weighted by Crippen LogP contribution is 2.04. The van der Waals surface area contributed by atoms with Crippen LogP contribution in [0.25, 0.3) is 0 Å². The highest BCUT2D eigenvalue weighted by Gasteiger charge is 2.03. The number of methoxy groups -OCH3 is 1. The largest absolute Gasteiger partial charge is 0.469 e. The van der Waals surface area contributed by atoms with Gasteiger partial charge in [0, 0.05) is 22.8 Å². The summed E-state index contributed by atoms with van der Waals surface area (Å²) in [4.78, 5) is 15.9. The average molecular weight is 224 g/mol. The van der Waals surface area contributed by atoms with Crippen LogP contribution in [0.15, 0.2) is 24.5 Å². The molecular formula is C12H18NO3+. The lowest BCUT2D eigenvalue weighted by Gasteiger charge is -2.00. The number of carbonyl (C=O) groups excluding carboxylic acids is 1. The fraction of sp³-hybridized carbons (Fsp3) is 0.500. The van der Waals surface area contributed by atoms with Crippen LogP contribution in [0.5, 0.6) is 0 Å². The number of hydrogen-bond acceptors (Lipinski definition) is 3. The van der Waals surface area contributed by atoms with E-state index in [2.05, 4.69) is 4.74 Å². The van der Waals surface area contributed by atoms with E-state index in [-0.39, 0.29) is 5.97 Å². The second kappa shape index (κ2) is 6.82. The molecule has 0 saturated heterocycles. The van der Waals surface area contributed by atoms with Crippen molar-refractivity contribution in [3.8, 4) is 0 Å². The molecule has 1 aromatic rings. The van der Waals surface area contributed by atoms with Crippen molar-refractivity contribution in [2.24, 2.45) is 0 Å². The lowest BCUT2D eigenvalue weighted by molar-refractivity contribution is -0.885. The van der Waals surface area contributed by atoms with E-state index >= 15 is 0 Å². The van der Waals surface area contributed by atoms with Crippen molar-refractivity contribution in [2.45, 2.75) is 25.7 Å². The number of rotatable bonds is 6. The third-order valence-electron chi connectivity index (χ3n) is 2.37. The van der Waals surface area contributed by atoms with Gasteiger partial charge < -0.3 is 4.74 Å². The van der Waals surface area contributed by atoms with E-state index in [0.717, 1.165) is 19.3 Å². The molecule has 0 aliphatic rings. The Morgan fingerprint density at radius 2 is 2.19 bits per heavy atom. The maximum atomic E-state index is 10.9. The highest BCUT2D eigenvalue weighted by molar-refractivity contribution is 5.68. The Labute approximate surface area is 95.8 Å². The van der Waals surface area contributed by atoms with Crippen molar-refractivity contribution in [1.29, 1.82) is 0 Å². The van der Waals surface area contributed by atoms with E-state index in [9.17, 15) is 4.79 Å². The molecule has 4 nitrogen and oxygen atoms in total. The molecule has 0 saturated carbocycles. The van der Waals surface area contributed by atoms with Gasteiger partial charge in [-0.3, -0.25) is 9.63 Å². The van der Waals surface area contributed by atoms with Crippen molar-refractivity contribution in [3.63, 3.8) is 0 Å². The molecule has 0 N–H and O–H groups in total. The molecule has 0 spiro atoms. The Bertz CT molecular complexity index is 339. The third kappa shape index (κ3) is 4.29. The molecule has 0 amide bonds. The predicted octanol–water partition coefficient (Wildman–Crippen LogP) is 0.918. The van der Waals surface area contributed by atoms with Crippen molar-refractivity contribution >= 4 is 5.97 Å². The summed E-state index contributed by atoms with van der Waals surface area (Å²) in [6.45, 7) is 0. The van der Waals surface area contributed by atoms with Gasteiger partial charge in [0.25, 0.3) is 0 Å². The number of ether oxygens (including phenoxy) is 1. The Morgan fingerprint density at radius 3 is 2.88 bits per heavy atom. The first kappa shape index (κ1) is 12.5. The van der Waals surface area contributed by atoms with Gasteiger partial charge in [0.2, 0.25) is 12.4 Å². The molecule has 4 heteroatoms. The second-order valence-corrected chi connectivity index (χ2v) is 3.54. The average Bonchev–Trinajstić information content (AvgIpc) is 2.34. The number of unbranched alkanes of at least 4 members (excludes halogenated alkanes) is 1. The monoisotopic (exact) mass is 224 g/mol. The fourth-order valence-corrected chi connectivity index (χ4v) is 1.46. The molecule has 1 heterocycles. The summed E-state index contributed by atoms with van der Waals surface area (Å²) in [7, 11) is 3.04. The lowest BCUT2D eigenvalue weighted by atomic mass is 10.1. The van der Waals surface area contributed by atoms with Crippen LogP contribution in [0.4, 0.5) is 0 Å². The highest BCUT2D eigenvalue weighted by atomic mass is 16.6. The van der Waals surface area contributed by atoms with Crippen molar-refractivity contribution in [3.05, 3.63) is 30.1 Å². The van der Waals surface area contributed by atoms with Crippen LogP contribution in [0, 0.1) is 0 Å². The zero-order valence-corrected chi connectivity index (χ0v) is 9.81. The van der Waals surface area contributed by atoms with Crippen LogP contribution in [0.2, 0.25) is 0 Å². The number of pyridine rings is 1. The Balaban J connectivity index is 2.28. The number of carbonyl (C=O) groups is 1. The minimum Gasteiger partial charge on any atom is -0.469 e. The van der Waals surface area contributed by atoms with Gasteiger partial charge in [-0.25, -0.2) is 0 Å². The summed E-state index contributed by atoms with van der Waals surface area (Å²) in [6.07, 6.45) is 7.06. The van der Waals surface area contributed by atoms with Crippen LogP contribution in [-0.2, 0) is 16.0 Å². The molecule has 88 valence electrons. The van der Waals surface area contributed by atoms with Crippen LogP contribution < -0.4 is 9.57 Å². The van der Waals surface area contributed by atoms with Gasteiger partial charge in [0.05, 0.1) is 7.11 Å². The van der Waals surface area contributed by atoms with Crippen molar-refractivity contribution < 1.29 is 19.1 Å². The molecule has 0 bridgehead atoms. The van der Waals surface area contributed by atoms with E-state index in [1.807, 2.05) is 24.5 Å². The van der Waals surface area contributed by atoms with E-state index < -0.39 is 0 Å². The number of hydrogen-bond donors (Lipinski definition) is 0. The molecule has 0 aromatic carbocycles. The van der Waals surface area contributed by atoms with Crippen molar-refractivity contribution in [2.75, 3.05) is 14.2 Å². The summed E-state index contributed by atoms with van der Waals surface area (Å²) in [5, 5.41) is 0. The predicted molar refractivity (Wildman–Crippen MR) is 58.7 cm³/mol. The van der Waals surface area contributed by atoms with Gasteiger partial charge in [-0.2, -0.15) is 0 Å².